The van der Waals surface area contributed by atoms with Gasteiger partial charge in [0.2, 0.25) is 0 Å². The van der Waals surface area contributed by atoms with Gasteiger partial charge >= 0.3 is 5.97 Å². The number of esters is 1. The number of carbonyl (C=O) groups is 1. The molecular formula is C12H23NO2. The maximum absolute atomic E-state index is 11.2. The number of hydrogen-bond donors (Lipinski definition) is 0. The minimum Gasteiger partial charge on any atom is -0.469 e. The van der Waals surface area contributed by atoms with E-state index in [2.05, 4.69) is 11.8 Å². The van der Waals surface area contributed by atoms with Gasteiger partial charge in [-0.05, 0) is 32.9 Å². The lowest BCUT2D eigenvalue weighted by Crippen LogP contribution is -2.37. The molecule has 0 aromatic heterocycles. The first-order chi connectivity index (χ1) is 7.24. The van der Waals surface area contributed by atoms with Crippen molar-refractivity contribution in [2.75, 3.05) is 20.2 Å². The molecule has 0 aromatic rings. The van der Waals surface area contributed by atoms with Crippen LogP contribution in [0.4, 0.5) is 0 Å². The van der Waals surface area contributed by atoms with Crippen LogP contribution in [0.5, 0.6) is 0 Å². The first kappa shape index (κ1) is 12.5. The van der Waals surface area contributed by atoms with Crippen LogP contribution in [0.2, 0.25) is 0 Å². The lowest BCUT2D eigenvalue weighted by atomic mass is 10.1. The summed E-state index contributed by atoms with van der Waals surface area (Å²) in [5.74, 6) is -0.0930. The first-order valence-electron chi connectivity index (χ1n) is 6.05. The molecule has 15 heavy (non-hydrogen) atoms. The van der Waals surface area contributed by atoms with Crippen LogP contribution in [0.3, 0.4) is 0 Å². The quantitative estimate of drug-likeness (QED) is 0.673. The Morgan fingerprint density at radius 1 is 1.20 bits per heavy atom. The van der Waals surface area contributed by atoms with E-state index in [4.69, 9.17) is 4.74 Å². The number of hydrogen-bond acceptors (Lipinski definition) is 3. The highest BCUT2D eigenvalue weighted by atomic mass is 16.5. The zero-order valence-electron chi connectivity index (χ0n) is 10.00. The van der Waals surface area contributed by atoms with Crippen LogP contribution in [-0.4, -0.2) is 37.1 Å². The Bertz CT molecular complexity index is 186. The third-order valence-electron chi connectivity index (χ3n) is 3.20. The molecule has 0 aromatic carbocycles. The molecule has 1 heterocycles. The standard InChI is InChI=1S/C12H23NO2/c1-11(10-12(14)15-2)13-8-6-4-3-5-7-9-13/h11H,3-10H2,1-2H3. The van der Waals surface area contributed by atoms with E-state index in [9.17, 15) is 4.79 Å². The second kappa shape index (κ2) is 6.83. The van der Waals surface area contributed by atoms with E-state index in [-0.39, 0.29) is 5.97 Å². The average Bonchev–Trinajstić information content (AvgIpc) is 2.16. The molecule has 0 radical (unpaired) electrons. The molecule has 3 heteroatoms. The van der Waals surface area contributed by atoms with E-state index >= 15 is 0 Å². The van der Waals surface area contributed by atoms with Crippen molar-refractivity contribution in [3.63, 3.8) is 0 Å². The van der Waals surface area contributed by atoms with Crippen LogP contribution < -0.4 is 0 Å². The summed E-state index contributed by atoms with van der Waals surface area (Å²) in [7, 11) is 1.46. The molecule has 0 amide bonds. The number of likely N-dealkylation sites (tertiary alicyclic amines) is 1. The fourth-order valence-corrected chi connectivity index (χ4v) is 2.17. The van der Waals surface area contributed by atoms with Crippen molar-refractivity contribution in [2.45, 2.75) is 51.5 Å². The molecule has 1 aliphatic rings. The van der Waals surface area contributed by atoms with Gasteiger partial charge in [-0.2, -0.15) is 0 Å². The molecule has 88 valence electrons. The molecule has 1 saturated heterocycles. The second-order valence-electron chi connectivity index (χ2n) is 4.43. The lowest BCUT2D eigenvalue weighted by Gasteiger charge is -2.29. The number of nitrogens with zero attached hydrogens (tertiary/aromatic N) is 1. The molecule has 1 atom stereocenters. The highest BCUT2D eigenvalue weighted by molar-refractivity contribution is 5.69. The van der Waals surface area contributed by atoms with Crippen LogP contribution in [-0.2, 0) is 9.53 Å². The molecule has 0 bridgehead atoms. The molecule has 1 unspecified atom stereocenters. The summed E-state index contributed by atoms with van der Waals surface area (Å²) in [5.41, 5.74) is 0. The van der Waals surface area contributed by atoms with Gasteiger partial charge in [0.1, 0.15) is 0 Å². The van der Waals surface area contributed by atoms with Gasteiger partial charge in [-0.15, -0.1) is 0 Å². The van der Waals surface area contributed by atoms with E-state index in [0.29, 0.717) is 12.5 Å². The van der Waals surface area contributed by atoms with E-state index in [1.807, 2.05) is 0 Å². The van der Waals surface area contributed by atoms with Gasteiger partial charge in [0.15, 0.2) is 0 Å². The summed E-state index contributed by atoms with van der Waals surface area (Å²) in [4.78, 5) is 13.6. The van der Waals surface area contributed by atoms with Crippen LogP contribution >= 0.6 is 0 Å². The minimum absolute atomic E-state index is 0.0930. The van der Waals surface area contributed by atoms with Gasteiger partial charge in [-0.3, -0.25) is 4.79 Å². The first-order valence-corrected chi connectivity index (χ1v) is 6.05. The molecule has 1 aliphatic heterocycles. The Morgan fingerprint density at radius 3 is 2.27 bits per heavy atom. The lowest BCUT2D eigenvalue weighted by molar-refractivity contribution is -0.141. The topological polar surface area (TPSA) is 29.5 Å². The monoisotopic (exact) mass is 213 g/mol. The molecule has 0 saturated carbocycles. The summed E-state index contributed by atoms with van der Waals surface area (Å²) >= 11 is 0. The van der Waals surface area contributed by atoms with Gasteiger partial charge in [0.25, 0.3) is 0 Å². The molecule has 0 spiro atoms. The number of methoxy groups -OCH3 is 1. The van der Waals surface area contributed by atoms with Gasteiger partial charge in [0.05, 0.1) is 13.5 Å². The van der Waals surface area contributed by atoms with Gasteiger partial charge in [0, 0.05) is 6.04 Å². The van der Waals surface area contributed by atoms with Crippen molar-refractivity contribution in [2.24, 2.45) is 0 Å². The number of rotatable bonds is 3. The van der Waals surface area contributed by atoms with E-state index < -0.39 is 0 Å². The zero-order chi connectivity index (χ0) is 11.1. The van der Waals surface area contributed by atoms with Crippen molar-refractivity contribution in [3.8, 4) is 0 Å². The third-order valence-corrected chi connectivity index (χ3v) is 3.20. The Morgan fingerprint density at radius 2 is 1.73 bits per heavy atom. The van der Waals surface area contributed by atoms with E-state index in [0.717, 1.165) is 13.1 Å². The summed E-state index contributed by atoms with van der Waals surface area (Å²) in [6, 6.07) is 0.329. The van der Waals surface area contributed by atoms with E-state index in [1.165, 1.54) is 39.2 Å². The SMILES string of the molecule is COC(=O)CC(C)N1CCCCCCC1. The molecule has 3 nitrogen and oxygen atoms in total. The second-order valence-corrected chi connectivity index (χ2v) is 4.43. The summed E-state index contributed by atoms with van der Waals surface area (Å²) in [6.07, 6.45) is 7.11. The predicted octanol–water partition coefficient (Wildman–Crippen LogP) is 2.20. The fourth-order valence-electron chi connectivity index (χ4n) is 2.17. The van der Waals surface area contributed by atoms with Crippen molar-refractivity contribution in [3.05, 3.63) is 0 Å². The van der Waals surface area contributed by atoms with Gasteiger partial charge in [-0.1, -0.05) is 19.3 Å². The zero-order valence-corrected chi connectivity index (χ0v) is 10.00. The summed E-state index contributed by atoms with van der Waals surface area (Å²) in [6.45, 7) is 4.40. The van der Waals surface area contributed by atoms with Crippen LogP contribution in [0.25, 0.3) is 0 Å². The van der Waals surface area contributed by atoms with Crippen LogP contribution in [0, 0.1) is 0 Å². The highest BCUT2D eigenvalue weighted by Gasteiger charge is 2.17. The molecule has 0 N–H and O–H groups in total. The maximum Gasteiger partial charge on any atom is 0.307 e. The number of carbonyl (C=O) groups excluding carboxylic acids is 1. The minimum atomic E-state index is -0.0930. The fraction of sp³-hybridized carbons (Fsp3) is 0.917. The Balaban J connectivity index is 2.34. The third kappa shape index (κ3) is 4.65. The Hall–Kier alpha value is -0.570. The van der Waals surface area contributed by atoms with Crippen molar-refractivity contribution in [1.82, 2.24) is 4.90 Å². The molecule has 1 fully saturated rings. The Kier molecular flexibility index (Phi) is 5.69. The average molecular weight is 213 g/mol. The molecule has 0 aliphatic carbocycles. The predicted molar refractivity (Wildman–Crippen MR) is 60.8 cm³/mol. The normalized spacial score (nSPS) is 21.5. The smallest absolute Gasteiger partial charge is 0.307 e. The van der Waals surface area contributed by atoms with Gasteiger partial charge < -0.3 is 9.64 Å². The van der Waals surface area contributed by atoms with Crippen molar-refractivity contribution >= 4 is 5.97 Å². The van der Waals surface area contributed by atoms with Crippen molar-refractivity contribution in [1.29, 1.82) is 0 Å². The molecular weight excluding hydrogens is 190 g/mol. The van der Waals surface area contributed by atoms with Crippen molar-refractivity contribution < 1.29 is 9.53 Å². The highest BCUT2D eigenvalue weighted by Crippen LogP contribution is 2.14. The van der Waals surface area contributed by atoms with Gasteiger partial charge in [-0.25, -0.2) is 0 Å². The number of ether oxygens (including phenoxy) is 1. The van der Waals surface area contributed by atoms with Crippen LogP contribution in [0.1, 0.15) is 45.4 Å². The van der Waals surface area contributed by atoms with E-state index in [1.54, 1.807) is 0 Å². The largest absolute Gasteiger partial charge is 0.469 e. The van der Waals surface area contributed by atoms with Crippen LogP contribution in [0.15, 0.2) is 0 Å². The molecule has 1 rings (SSSR count). The summed E-state index contributed by atoms with van der Waals surface area (Å²) < 4.78 is 4.70. The Labute approximate surface area is 92.8 Å². The maximum atomic E-state index is 11.2. The summed E-state index contributed by atoms with van der Waals surface area (Å²) in [5, 5.41) is 0.